The number of rotatable bonds is 6. The first-order valence-electron chi connectivity index (χ1n) is 8.92. The molecule has 3 atom stereocenters. The highest BCUT2D eigenvalue weighted by Gasteiger charge is 2.62. The number of nitro groups is 1. The summed E-state index contributed by atoms with van der Waals surface area (Å²) >= 11 is 0. The molecule has 7 nitrogen and oxygen atoms in total. The van der Waals surface area contributed by atoms with Crippen molar-refractivity contribution in [1.82, 2.24) is 4.67 Å². The molecule has 1 aliphatic rings. The Kier molecular flexibility index (Phi) is 4.78. The lowest BCUT2D eigenvalue weighted by Gasteiger charge is -2.21. The van der Waals surface area contributed by atoms with Crippen LogP contribution in [0.4, 0.5) is 5.69 Å². The zero-order chi connectivity index (χ0) is 20.6. The molecule has 3 aromatic rings. The molecule has 29 heavy (non-hydrogen) atoms. The number of hydrogen-bond acceptors (Lipinski definition) is 4. The Morgan fingerprint density at radius 1 is 0.897 bits per heavy atom. The van der Waals surface area contributed by atoms with Crippen molar-refractivity contribution in [3.63, 3.8) is 0 Å². The number of nitro benzene ring substituents is 1. The molecule has 0 bridgehead atoms. The second kappa shape index (κ2) is 7.28. The smallest absolute Gasteiger partial charge is 0.323 e. The van der Waals surface area contributed by atoms with Crippen molar-refractivity contribution in [3.05, 3.63) is 101 Å². The first kappa shape index (κ1) is 19.1. The first-order valence-corrected chi connectivity index (χ1v) is 10.6. The van der Waals surface area contributed by atoms with Crippen LogP contribution in [0, 0.1) is 10.1 Å². The molecule has 0 saturated carbocycles. The molecule has 1 unspecified atom stereocenters. The number of carboxylic acid groups (broad SMARTS) is 1. The molecule has 1 aliphatic heterocycles. The lowest BCUT2D eigenvalue weighted by Crippen LogP contribution is -2.24. The molecule has 8 heteroatoms. The van der Waals surface area contributed by atoms with E-state index in [1.807, 2.05) is 12.1 Å². The van der Waals surface area contributed by atoms with Gasteiger partial charge in [0.25, 0.3) is 5.69 Å². The molecular formula is C21H17N2O5P. The topological polar surface area (TPSA) is 101 Å². The Morgan fingerprint density at radius 2 is 1.38 bits per heavy atom. The minimum absolute atomic E-state index is 0.0814. The molecule has 0 radical (unpaired) electrons. The van der Waals surface area contributed by atoms with Crippen LogP contribution in [0.2, 0.25) is 0 Å². The predicted octanol–water partition coefficient (Wildman–Crippen LogP) is 3.33. The number of non-ortho nitro benzene ring substituents is 1. The Balaban J connectivity index is 1.83. The summed E-state index contributed by atoms with van der Waals surface area (Å²) in [6, 6.07) is 21.7. The summed E-state index contributed by atoms with van der Waals surface area (Å²) in [4.78, 5) is 22.4. The van der Waals surface area contributed by atoms with Gasteiger partial charge in [-0.3, -0.25) is 19.5 Å². The third kappa shape index (κ3) is 3.24. The normalized spacial score (nSPS) is 20.8. The van der Waals surface area contributed by atoms with E-state index in [1.54, 1.807) is 48.5 Å². The molecule has 0 aliphatic carbocycles. The zero-order valence-electron chi connectivity index (χ0n) is 15.2. The molecular weight excluding hydrogens is 391 g/mol. The maximum Gasteiger partial charge on any atom is 0.323 e. The Bertz CT molecular complexity index is 1060. The van der Waals surface area contributed by atoms with Crippen molar-refractivity contribution in [2.45, 2.75) is 12.1 Å². The predicted molar refractivity (Wildman–Crippen MR) is 109 cm³/mol. The van der Waals surface area contributed by atoms with Gasteiger partial charge >= 0.3 is 5.97 Å². The Labute approximate surface area is 166 Å². The summed E-state index contributed by atoms with van der Waals surface area (Å²) < 4.78 is 15.9. The summed E-state index contributed by atoms with van der Waals surface area (Å²) in [5, 5.41) is 21.8. The van der Waals surface area contributed by atoms with E-state index >= 15 is 0 Å². The van der Waals surface area contributed by atoms with Crippen molar-refractivity contribution in [3.8, 4) is 0 Å². The highest BCUT2D eigenvalue weighted by Crippen LogP contribution is 2.64. The van der Waals surface area contributed by atoms with Crippen LogP contribution < -0.4 is 10.6 Å². The Hall–Kier alpha value is -3.28. The fourth-order valence-corrected chi connectivity index (χ4v) is 6.73. The van der Waals surface area contributed by atoms with Crippen LogP contribution in [0.1, 0.15) is 11.6 Å². The fraction of sp³-hybridized carbons (Fsp3) is 0.0952. The summed E-state index contributed by atoms with van der Waals surface area (Å²) in [6.45, 7) is 0. The van der Waals surface area contributed by atoms with Crippen LogP contribution in [0.5, 0.6) is 0 Å². The van der Waals surface area contributed by atoms with Gasteiger partial charge in [-0.05, 0) is 29.8 Å². The van der Waals surface area contributed by atoms with Crippen LogP contribution in [0.25, 0.3) is 0 Å². The SMILES string of the molecule is O=C(O)[C@H]1[C@@H](c2ccc([N+](=O)[O-])cc2)N1P(=O)(c1ccccc1)c1ccccc1. The summed E-state index contributed by atoms with van der Waals surface area (Å²) in [5.74, 6) is -1.08. The lowest BCUT2D eigenvalue weighted by atomic mass is 10.1. The molecule has 1 fully saturated rings. The molecule has 0 spiro atoms. The van der Waals surface area contributed by atoms with Gasteiger partial charge in [0, 0.05) is 22.7 Å². The van der Waals surface area contributed by atoms with Gasteiger partial charge in [-0.15, -0.1) is 0 Å². The number of hydrogen-bond donors (Lipinski definition) is 1. The summed E-state index contributed by atoms with van der Waals surface area (Å²) in [6.07, 6.45) is 0. The van der Waals surface area contributed by atoms with Gasteiger partial charge in [0.15, 0.2) is 0 Å². The van der Waals surface area contributed by atoms with Gasteiger partial charge in [-0.1, -0.05) is 48.5 Å². The average molecular weight is 408 g/mol. The largest absolute Gasteiger partial charge is 0.480 e. The number of benzene rings is 3. The molecule has 3 aromatic carbocycles. The van der Waals surface area contributed by atoms with Gasteiger partial charge in [-0.25, -0.2) is 4.67 Å². The van der Waals surface area contributed by atoms with E-state index in [0.717, 1.165) is 0 Å². The van der Waals surface area contributed by atoms with Crippen molar-refractivity contribution >= 4 is 29.6 Å². The van der Waals surface area contributed by atoms with Crippen molar-refractivity contribution in [2.24, 2.45) is 0 Å². The van der Waals surface area contributed by atoms with Crippen molar-refractivity contribution < 1.29 is 19.4 Å². The molecule has 0 amide bonds. The van der Waals surface area contributed by atoms with E-state index in [0.29, 0.717) is 16.2 Å². The zero-order valence-corrected chi connectivity index (χ0v) is 16.1. The van der Waals surface area contributed by atoms with Crippen molar-refractivity contribution in [1.29, 1.82) is 0 Å². The van der Waals surface area contributed by atoms with Gasteiger partial charge in [0.2, 0.25) is 7.29 Å². The van der Waals surface area contributed by atoms with Crippen LogP contribution in [0.3, 0.4) is 0 Å². The molecule has 4 rings (SSSR count). The van der Waals surface area contributed by atoms with E-state index in [-0.39, 0.29) is 5.69 Å². The minimum atomic E-state index is -3.43. The molecule has 1 heterocycles. The average Bonchev–Trinajstić information content (AvgIpc) is 3.51. The van der Waals surface area contributed by atoms with Gasteiger partial charge in [-0.2, -0.15) is 0 Å². The number of nitrogens with zero attached hydrogens (tertiary/aromatic N) is 2. The van der Waals surface area contributed by atoms with E-state index in [4.69, 9.17) is 0 Å². The highest BCUT2D eigenvalue weighted by molar-refractivity contribution is 7.76. The van der Waals surface area contributed by atoms with E-state index in [1.165, 1.54) is 28.9 Å². The van der Waals surface area contributed by atoms with Gasteiger partial charge < -0.3 is 5.11 Å². The van der Waals surface area contributed by atoms with E-state index in [9.17, 15) is 24.6 Å². The third-order valence-corrected chi connectivity index (χ3v) is 8.16. The molecule has 1 saturated heterocycles. The number of aliphatic carboxylic acids is 1. The maximum atomic E-state index is 14.4. The number of carboxylic acids is 1. The van der Waals surface area contributed by atoms with Crippen LogP contribution in [-0.4, -0.2) is 26.7 Å². The monoisotopic (exact) mass is 408 g/mol. The van der Waals surface area contributed by atoms with E-state index in [2.05, 4.69) is 0 Å². The van der Waals surface area contributed by atoms with Crippen LogP contribution in [0.15, 0.2) is 84.9 Å². The van der Waals surface area contributed by atoms with Crippen LogP contribution >= 0.6 is 7.29 Å². The molecule has 146 valence electrons. The maximum absolute atomic E-state index is 14.4. The third-order valence-electron chi connectivity index (χ3n) is 5.02. The highest BCUT2D eigenvalue weighted by atomic mass is 31.2. The standard InChI is InChI=1S/C21H17N2O5P/c24-21(25)20-19(15-11-13-16(14-12-15)23(26)27)22(20)29(28,17-7-3-1-4-8-17)18-9-5-2-6-10-18/h1-14,19-20H,(H,24,25)/t19-,20-,22?/m1/s1. The molecule has 1 N–H and O–H groups in total. The van der Waals surface area contributed by atoms with E-state index < -0.39 is 30.3 Å². The second-order valence-electron chi connectivity index (χ2n) is 6.70. The quantitative estimate of drug-likeness (QED) is 0.291. The molecule has 0 aromatic heterocycles. The first-order chi connectivity index (χ1) is 13.9. The van der Waals surface area contributed by atoms with Gasteiger partial charge in [0.1, 0.15) is 6.04 Å². The lowest BCUT2D eigenvalue weighted by molar-refractivity contribution is -0.384. The Morgan fingerprint density at radius 3 is 1.79 bits per heavy atom. The van der Waals surface area contributed by atoms with Gasteiger partial charge in [0.05, 0.1) is 11.0 Å². The number of carbonyl (C=O) groups is 1. The second-order valence-corrected chi connectivity index (χ2v) is 9.35. The summed E-state index contributed by atoms with van der Waals surface area (Å²) in [5.41, 5.74) is 0.497. The summed E-state index contributed by atoms with van der Waals surface area (Å²) in [7, 11) is -3.43. The van der Waals surface area contributed by atoms with Crippen molar-refractivity contribution in [2.75, 3.05) is 0 Å². The van der Waals surface area contributed by atoms with Crippen LogP contribution in [-0.2, 0) is 9.36 Å². The minimum Gasteiger partial charge on any atom is -0.480 e. The fourth-order valence-electron chi connectivity index (χ4n) is 3.62.